The molecule has 0 N–H and O–H groups in total. The van der Waals surface area contributed by atoms with Crippen LogP contribution in [0.2, 0.25) is 0 Å². The van der Waals surface area contributed by atoms with Gasteiger partial charge in [-0.2, -0.15) is 0 Å². The molecule has 0 amide bonds. The summed E-state index contributed by atoms with van der Waals surface area (Å²) in [4.78, 5) is 0. The summed E-state index contributed by atoms with van der Waals surface area (Å²) in [6.07, 6.45) is 8.52. The van der Waals surface area contributed by atoms with Crippen LogP contribution in [0.5, 0.6) is 0 Å². The Kier molecular flexibility index (Phi) is 3.57. The second-order valence-corrected chi connectivity index (χ2v) is 8.71. The molecule has 0 heterocycles. The zero-order valence-electron chi connectivity index (χ0n) is 13.3. The molecule has 4 fully saturated rings. The highest BCUT2D eigenvalue weighted by Gasteiger charge is 2.50. The van der Waals surface area contributed by atoms with Crippen LogP contribution in [0, 0.1) is 43.4 Å². The Morgan fingerprint density at radius 3 is 2.14 bits per heavy atom. The molecule has 1 aromatic rings. The first-order valence-corrected chi connectivity index (χ1v) is 9.24. The van der Waals surface area contributed by atoms with E-state index in [1.54, 1.807) is 0 Å². The van der Waals surface area contributed by atoms with Crippen molar-refractivity contribution in [2.75, 3.05) is 0 Å². The molecule has 4 bridgehead atoms. The second kappa shape index (κ2) is 5.30. The summed E-state index contributed by atoms with van der Waals surface area (Å²) in [6.45, 7) is 4.40. The van der Waals surface area contributed by atoms with Crippen molar-refractivity contribution < 1.29 is 0 Å². The van der Waals surface area contributed by atoms with E-state index < -0.39 is 0 Å². The molecule has 0 spiro atoms. The van der Waals surface area contributed by atoms with Gasteiger partial charge in [0.25, 0.3) is 0 Å². The molecule has 1 unspecified atom stereocenters. The van der Waals surface area contributed by atoms with Gasteiger partial charge in [-0.3, -0.25) is 0 Å². The molecule has 4 aliphatic rings. The average Bonchev–Trinajstić information content (AvgIpc) is 2.41. The molecule has 0 radical (unpaired) electrons. The minimum Gasteiger partial charge on any atom is -0.122 e. The van der Waals surface area contributed by atoms with E-state index in [4.69, 9.17) is 11.6 Å². The van der Waals surface area contributed by atoms with Gasteiger partial charge in [0.15, 0.2) is 0 Å². The van der Waals surface area contributed by atoms with Gasteiger partial charge < -0.3 is 0 Å². The Bertz CT molecular complexity index is 505. The fourth-order valence-electron chi connectivity index (χ4n) is 5.85. The van der Waals surface area contributed by atoms with E-state index in [1.807, 2.05) is 0 Å². The zero-order chi connectivity index (χ0) is 14.6. The maximum atomic E-state index is 6.95. The Morgan fingerprint density at radius 1 is 0.952 bits per heavy atom. The van der Waals surface area contributed by atoms with Crippen LogP contribution in [0.3, 0.4) is 0 Å². The molecule has 0 saturated heterocycles. The number of hydrogen-bond donors (Lipinski definition) is 0. The molecule has 0 nitrogen and oxygen atoms in total. The number of halogens is 1. The van der Waals surface area contributed by atoms with Gasteiger partial charge >= 0.3 is 0 Å². The van der Waals surface area contributed by atoms with Crippen LogP contribution in [-0.4, -0.2) is 5.38 Å². The van der Waals surface area contributed by atoms with Crippen molar-refractivity contribution in [3.8, 4) is 0 Å². The van der Waals surface area contributed by atoms with Crippen LogP contribution >= 0.6 is 11.6 Å². The standard InChI is InChI=1S/C20H27Cl/c1-12-3-4-14(5-13(12)2)11-19(21)20-17-7-15-6-16(9-17)10-18(20)8-15/h3-5,15-20H,6-11H2,1-2H3. The normalized spacial score (nSPS) is 38.7. The summed E-state index contributed by atoms with van der Waals surface area (Å²) in [7, 11) is 0. The van der Waals surface area contributed by atoms with E-state index in [-0.39, 0.29) is 0 Å². The van der Waals surface area contributed by atoms with Gasteiger partial charge in [0.1, 0.15) is 0 Å². The van der Waals surface area contributed by atoms with Gasteiger partial charge in [-0.05, 0) is 98.7 Å². The van der Waals surface area contributed by atoms with E-state index in [9.17, 15) is 0 Å². The number of rotatable bonds is 3. The molecule has 1 heteroatoms. The SMILES string of the molecule is Cc1ccc(CC(Cl)C2C3CC4CC(C3)CC2C4)cc1C. The van der Waals surface area contributed by atoms with Crippen molar-refractivity contribution in [3.63, 3.8) is 0 Å². The first-order valence-electron chi connectivity index (χ1n) is 8.80. The van der Waals surface area contributed by atoms with E-state index >= 15 is 0 Å². The van der Waals surface area contributed by atoms with Crippen molar-refractivity contribution in [1.82, 2.24) is 0 Å². The van der Waals surface area contributed by atoms with Crippen molar-refractivity contribution in [2.24, 2.45) is 29.6 Å². The third-order valence-corrected chi connectivity index (χ3v) is 7.16. The summed E-state index contributed by atoms with van der Waals surface area (Å²) in [5.74, 6) is 4.77. The fourth-order valence-corrected chi connectivity index (χ4v) is 6.44. The van der Waals surface area contributed by atoms with Crippen molar-refractivity contribution in [1.29, 1.82) is 0 Å². The van der Waals surface area contributed by atoms with E-state index in [0.717, 1.165) is 36.0 Å². The molecule has 1 atom stereocenters. The molecule has 4 aliphatic carbocycles. The lowest BCUT2D eigenvalue weighted by atomic mass is 9.51. The van der Waals surface area contributed by atoms with E-state index in [0.29, 0.717) is 5.38 Å². The highest BCUT2D eigenvalue weighted by atomic mass is 35.5. The first kappa shape index (κ1) is 14.1. The summed E-state index contributed by atoms with van der Waals surface area (Å²) in [6, 6.07) is 6.89. The molecular weight excluding hydrogens is 276 g/mol. The minimum absolute atomic E-state index is 0.349. The Labute approximate surface area is 134 Å². The van der Waals surface area contributed by atoms with Gasteiger partial charge in [-0.15, -0.1) is 11.6 Å². The highest BCUT2D eigenvalue weighted by Crippen LogP contribution is 2.58. The van der Waals surface area contributed by atoms with Crippen LogP contribution in [0.25, 0.3) is 0 Å². The second-order valence-electron chi connectivity index (χ2n) is 8.15. The van der Waals surface area contributed by atoms with Gasteiger partial charge in [-0.1, -0.05) is 18.2 Å². The molecular formula is C20H27Cl. The van der Waals surface area contributed by atoms with Gasteiger partial charge in [0.2, 0.25) is 0 Å². The zero-order valence-corrected chi connectivity index (χ0v) is 14.1. The molecule has 5 rings (SSSR count). The maximum Gasteiger partial charge on any atom is 0.0409 e. The molecule has 114 valence electrons. The van der Waals surface area contributed by atoms with Crippen LogP contribution in [0.15, 0.2) is 18.2 Å². The molecule has 4 saturated carbocycles. The summed E-state index contributed by atoms with van der Waals surface area (Å²) in [5.41, 5.74) is 4.23. The van der Waals surface area contributed by atoms with Gasteiger partial charge in [0, 0.05) is 5.38 Å². The predicted octanol–water partition coefficient (Wildman–Crippen LogP) is 5.53. The van der Waals surface area contributed by atoms with Crippen LogP contribution in [0.4, 0.5) is 0 Å². The Hall–Kier alpha value is -0.490. The van der Waals surface area contributed by atoms with E-state index in [1.165, 1.54) is 48.8 Å². The van der Waals surface area contributed by atoms with Gasteiger partial charge in [0.05, 0.1) is 0 Å². The quantitative estimate of drug-likeness (QED) is 0.644. The molecule has 0 aliphatic heterocycles. The van der Waals surface area contributed by atoms with Crippen molar-refractivity contribution in [3.05, 3.63) is 34.9 Å². The lowest BCUT2D eigenvalue weighted by molar-refractivity contribution is -0.0376. The third kappa shape index (κ3) is 2.54. The molecule has 0 aromatic heterocycles. The summed E-state index contributed by atoms with van der Waals surface area (Å²) >= 11 is 6.95. The maximum absolute atomic E-state index is 6.95. The Balaban J connectivity index is 1.49. The number of benzene rings is 1. The van der Waals surface area contributed by atoms with Crippen molar-refractivity contribution in [2.45, 2.75) is 57.7 Å². The minimum atomic E-state index is 0.349. The Morgan fingerprint density at radius 2 is 1.57 bits per heavy atom. The first-order chi connectivity index (χ1) is 10.1. The van der Waals surface area contributed by atoms with Crippen molar-refractivity contribution >= 4 is 11.6 Å². The predicted molar refractivity (Wildman–Crippen MR) is 89.8 cm³/mol. The van der Waals surface area contributed by atoms with Gasteiger partial charge in [-0.25, -0.2) is 0 Å². The molecule has 21 heavy (non-hydrogen) atoms. The van der Waals surface area contributed by atoms with Crippen LogP contribution in [0.1, 0.15) is 48.8 Å². The third-order valence-electron chi connectivity index (χ3n) is 6.72. The van der Waals surface area contributed by atoms with Crippen LogP contribution in [-0.2, 0) is 6.42 Å². The number of hydrogen-bond acceptors (Lipinski definition) is 0. The smallest absolute Gasteiger partial charge is 0.0409 e. The topological polar surface area (TPSA) is 0 Å². The highest BCUT2D eigenvalue weighted by molar-refractivity contribution is 6.21. The monoisotopic (exact) mass is 302 g/mol. The molecule has 1 aromatic carbocycles. The lowest BCUT2D eigenvalue weighted by Crippen LogP contribution is -2.48. The lowest BCUT2D eigenvalue weighted by Gasteiger charge is -2.55. The van der Waals surface area contributed by atoms with Crippen LogP contribution < -0.4 is 0 Å². The largest absolute Gasteiger partial charge is 0.122 e. The fraction of sp³-hybridized carbons (Fsp3) is 0.700. The average molecular weight is 303 g/mol. The summed E-state index contributed by atoms with van der Waals surface area (Å²) < 4.78 is 0. The number of aryl methyl sites for hydroxylation is 2. The summed E-state index contributed by atoms with van der Waals surface area (Å²) in [5, 5.41) is 0.349. The van der Waals surface area contributed by atoms with E-state index in [2.05, 4.69) is 32.0 Å². The number of alkyl halides is 1.